The van der Waals surface area contributed by atoms with E-state index in [0.717, 1.165) is 12.1 Å². The molecule has 0 amide bonds. The molecule has 0 radical (unpaired) electrons. The number of alkyl halides is 7. The van der Waals surface area contributed by atoms with Crippen LogP contribution in [0.2, 0.25) is 0 Å². The van der Waals surface area contributed by atoms with Crippen LogP contribution in [0.4, 0.5) is 26.3 Å². The van der Waals surface area contributed by atoms with Gasteiger partial charge in [-0.3, -0.25) is 4.79 Å². The number of halogens is 7. The van der Waals surface area contributed by atoms with Gasteiger partial charge < -0.3 is 9.29 Å². The van der Waals surface area contributed by atoms with E-state index < -0.39 is 50.8 Å². The smallest absolute Gasteiger partial charge is 0.354 e. The zero-order chi connectivity index (χ0) is 23.7. The van der Waals surface area contributed by atoms with Crippen molar-refractivity contribution in [3.05, 3.63) is 35.4 Å². The van der Waals surface area contributed by atoms with Crippen LogP contribution in [0.25, 0.3) is 0 Å². The fraction of sp³-hybridized carbons (Fsp3) is 0.632. The summed E-state index contributed by atoms with van der Waals surface area (Å²) in [6, 6.07) is 3.18. The third-order valence-electron chi connectivity index (χ3n) is 5.40. The van der Waals surface area contributed by atoms with Crippen LogP contribution in [-0.4, -0.2) is 38.3 Å². The summed E-state index contributed by atoms with van der Waals surface area (Å²) < 4.78 is 107. The van der Waals surface area contributed by atoms with Gasteiger partial charge in [-0.05, 0) is 24.8 Å². The van der Waals surface area contributed by atoms with Crippen LogP contribution >= 0.6 is 15.9 Å². The molecule has 1 aromatic carbocycles. The van der Waals surface area contributed by atoms with E-state index >= 15 is 0 Å². The second kappa shape index (κ2) is 9.48. The van der Waals surface area contributed by atoms with Gasteiger partial charge in [0.25, 0.3) is 5.60 Å². The molecule has 0 saturated heterocycles. The molecule has 0 heterocycles. The van der Waals surface area contributed by atoms with Crippen LogP contribution in [0.5, 0.6) is 0 Å². The number of hydrogen-bond donors (Lipinski definition) is 1. The first-order valence-electron chi connectivity index (χ1n) is 9.39. The first kappa shape index (κ1) is 26.3. The third kappa shape index (κ3) is 4.86. The van der Waals surface area contributed by atoms with Gasteiger partial charge >= 0.3 is 12.4 Å². The van der Waals surface area contributed by atoms with E-state index in [1.165, 1.54) is 0 Å². The van der Waals surface area contributed by atoms with E-state index in [1.807, 2.05) is 0 Å². The van der Waals surface area contributed by atoms with Crippen molar-refractivity contribution in [1.29, 1.82) is 0 Å². The van der Waals surface area contributed by atoms with Crippen LogP contribution in [0.15, 0.2) is 24.3 Å². The number of carbonyl (C=O) groups excluding carboxylic acids is 1. The van der Waals surface area contributed by atoms with Crippen molar-refractivity contribution in [3.63, 3.8) is 0 Å². The van der Waals surface area contributed by atoms with Gasteiger partial charge in [0, 0.05) is 18.6 Å². The number of unbranched alkanes of at least 4 members (excludes halogenated alkanes) is 1. The van der Waals surface area contributed by atoms with Crippen LogP contribution in [0.1, 0.15) is 50.2 Å². The van der Waals surface area contributed by atoms with Gasteiger partial charge in [-0.2, -0.15) is 26.3 Å². The van der Waals surface area contributed by atoms with Crippen LogP contribution in [0, 0.1) is 0 Å². The molecule has 2 rings (SSSR count). The minimum Gasteiger partial charge on any atom is -0.354 e. The molecule has 3 atom stereocenters. The van der Waals surface area contributed by atoms with Gasteiger partial charge in [0.15, 0.2) is 11.1 Å². The third-order valence-corrected chi connectivity index (χ3v) is 7.51. The maximum absolute atomic E-state index is 13.8. The van der Waals surface area contributed by atoms with Gasteiger partial charge in [-0.15, -0.1) is 0 Å². The van der Waals surface area contributed by atoms with Crippen molar-refractivity contribution < 1.29 is 44.6 Å². The zero-order valence-corrected chi connectivity index (χ0v) is 18.8. The van der Waals surface area contributed by atoms with Crippen molar-refractivity contribution in [1.82, 2.24) is 0 Å². The van der Waals surface area contributed by atoms with Crippen molar-refractivity contribution in [3.8, 4) is 0 Å². The molecule has 31 heavy (non-hydrogen) atoms. The molecule has 1 N–H and O–H groups in total. The zero-order valence-electron chi connectivity index (χ0n) is 16.4. The molecule has 3 unspecified atom stereocenters. The molecule has 176 valence electrons. The lowest BCUT2D eigenvalue weighted by molar-refractivity contribution is -0.389. The molecule has 12 heteroatoms. The molecule has 0 aliphatic heterocycles. The summed E-state index contributed by atoms with van der Waals surface area (Å²) in [7, 11) is 0. The van der Waals surface area contributed by atoms with Gasteiger partial charge in [0.2, 0.25) is 0 Å². The highest BCUT2D eigenvalue weighted by atomic mass is 79.9. The lowest BCUT2D eigenvalue weighted by atomic mass is 9.81. The van der Waals surface area contributed by atoms with Gasteiger partial charge in [0.1, 0.15) is 5.78 Å². The molecule has 1 saturated carbocycles. The van der Waals surface area contributed by atoms with Crippen molar-refractivity contribution in [2.45, 2.75) is 66.6 Å². The van der Waals surface area contributed by atoms with E-state index in [2.05, 4.69) is 20.7 Å². The number of hydrogen-bond acceptors (Lipinski definition) is 3. The lowest BCUT2D eigenvalue weighted by Crippen LogP contribution is -2.56. The maximum Gasteiger partial charge on any atom is 0.430 e. The average molecular weight is 539 g/mol. The quantitative estimate of drug-likeness (QED) is 0.207. The summed E-state index contributed by atoms with van der Waals surface area (Å²) in [5.74, 6) is -0.199. The summed E-state index contributed by atoms with van der Waals surface area (Å²) in [5.41, 5.74) is -5.63. The van der Waals surface area contributed by atoms with Crippen LogP contribution < -0.4 is 0 Å². The number of rotatable bonds is 7. The second-order valence-corrected chi connectivity index (χ2v) is 9.72. The molecule has 0 spiro atoms. The van der Waals surface area contributed by atoms with E-state index in [4.69, 9.17) is 0 Å². The molecule has 1 fully saturated rings. The van der Waals surface area contributed by atoms with Crippen molar-refractivity contribution in [2.75, 3.05) is 6.61 Å². The Kier molecular flexibility index (Phi) is 8.04. The number of benzene rings is 1. The predicted molar refractivity (Wildman–Crippen MR) is 105 cm³/mol. The number of Topliss-reactive ketones (excluding diaryl/α,β-unsaturated/α-hetero) is 1. The minimum atomic E-state index is -5.80. The summed E-state index contributed by atoms with van der Waals surface area (Å²) in [6.07, 6.45) is -11.5. The molecule has 4 nitrogen and oxygen atoms in total. The fourth-order valence-corrected chi connectivity index (χ4v) is 5.54. The van der Waals surface area contributed by atoms with Crippen molar-refractivity contribution in [2.24, 2.45) is 0 Å². The average Bonchev–Trinajstić information content (AvgIpc) is 2.65. The topological polar surface area (TPSA) is 63.6 Å². The molecule has 1 aliphatic rings. The maximum atomic E-state index is 13.8. The Morgan fingerprint density at radius 2 is 1.71 bits per heavy atom. The Bertz CT molecular complexity index is 797. The van der Waals surface area contributed by atoms with E-state index in [-0.39, 0.29) is 37.0 Å². The van der Waals surface area contributed by atoms with Gasteiger partial charge in [0.05, 0.1) is 9.57 Å². The Morgan fingerprint density at radius 3 is 2.13 bits per heavy atom. The SMILES string of the molecule is CCCCOC(c1ccc(C2(S(=O)O)CCC(=O)C(Br)C2)cc1)(C(F)(F)F)C(F)(F)F. The fourth-order valence-electron chi connectivity index (χ4n) is 3.62. The monoisotopic (exact) mass is 538 g/mol. The van der Waals surface area contributed by atoms with E-state index in [1.54, 1.807) is 6.92 Å². The van der Waals surface area contributed by atoms with Gasteiger partial charge in [-0.25, -0.2) is 4.21 Å². The molecular weight excluding hydrogens is 518 g/mol. The second-order valence-electron chi connectivity index (χ2n) is 7.34. The van der Waals surface area contributed by atoms with E-state index in [0.29, 0.717) is 18.6 Å². The Labute approximate surface area is 186 Å². The van der Waals surface area contributed by atoms with Crippen LogP contribution in [0.3, 0.4) is 0 Å². The molecule has 1 aromatic rings. The van der Waals surface area contributed by atoms with Gasteiger partial charge in [-0.1, -0.05) is 53.5 Å². The summed E-state index contributed by atoms with van der Waals surface area (Å²) in [6.45, 7) is 0.844. The molecule has 0 aromatic heterocycles. The highest BCUT2D eigenvalue weighted by molar-refractivity contribution is 9.10. The predicted octanol–water partition coefficient (Wildman–Crippen LogP) is 5.76. The molecule has 0 bridgehead atoms. The number of ketones is 1. The number of carbonyl (C=O) groups is 1. The highest BCUT2D eigenvalue weighted by Crippen LogP contribution is 2.53. The van der Waals surface area contributed by atoms with Crippen LogP contribution in [-0.2, 0) is 31.0 Å². The number of ether oxygens (including phenoxy) is 1. The molecule has 1 aliphatic carbocycles. The summed E-state index contributed by atoms with van der Waals surface area (Å²) in [4.78, 5) is 11.0. The lowest BCUT2D eigenvalue weighted by Gasteiger charge is -2.39. The minimum absolute atomic E-state index is 0.000728. The Hall–Kier alpha value is -0.980. The molecular formula is C19H21BrF6O4S. The normalized spacial score (nSPS) is 24.3. The largest absolute Gasteiger partial charge is 0.430 e. The van der Waals surface area contributed by atoms with E-state index in [9.17, 15) is 39.9 Å². The van der Waals surface area contributed by atoms with Crippen molar-refractivity contribution >= 4 is 32.8 Å². The Morgan fingerprint density at radius 1 is 1.16 bits per heavy atom. The first-order chi connectivity index (χ1) is 14.2. The first-order valence-corrected chi connectivity index (χ1v) is 11.4. The summed E-state index contributed by atoms with van der Waals surface area (Å²) >= 11 is 0.593. The standard InChI is InChI=1S/C19H21BrF6O4S/c1-2-3-10-30-17(18(21,22)23,19(24,25)26)13-6-4-12(5-7-13)16(31(28)29)9-8-15(27)14(20)11-16/h4-7,14H,2-3,8-11H2,1H3,(H,28,29). The Balaban J connectivity index is 2.56. The summed E-state index contributed by atoms with van der Waals surface area (Å²) in [5, 5.41) is 0. The highest BCUT2D eigenvalue weighted by Gasteiger charge is 2.73.